The molecule has 4 rings (SSSR count). The Kier molecular flexibility index (Phi) is 5.43. The third-order valence-electron chi connectivity index (χ3n) is 5.28. The Labute approximate surface area is 175 Å². The number of anilines is 2. The van der Waals surface area contributed by atoms with Crippen molar-refractivity contribution in [2.45, 2.75) is 24.9 Å². The van der Waals surface area contributed by atoms with Crippen LogP contribution in [0.3, 0.4) is 0 Å². The molecular weight excluding hydrogens is 378 g/mol. The van der Waals surface area contributed by atoms with Crippen LogP contribution in [0.15, 0.2) is 73.3 Å². The lowest BCUT2D eigenvalue weighted by molar-refractivity contribution is -0.124. The number of hydrogen-bond donors (Lipinski definition) is 2. The molecule has 1 aliphatic rings. The smallest absolute Gasteiger partial charge is 0.255 e. The molecule has 0 atom stereocenters. The molecule has 0 saturated heterocycles. The minimum Gasteiger partial charge on any atom is -0.350 e. The maximum atomic E-state index is 12.7. The molecule has 1 saturated carbocycles. The number of hydrogen-bond acceptors (Lipinski definition) is 5. The van der Waals surface area contributed by atoms with E-state index in [0.717, 1.165) is 16.9 Å². The lowest BCUT2D eigenvalue weighted by Crippen LogP contribution is -2.48. The zero-order valence-electron chi connectivity index (χ0n) is 16.7. The molecule has 152 valence electrons. The highest BCUT2D eigenvalue weighted by molar-refractivity contribution is 6.00. The molecule has 1 heterocycles. The van der Waals surface area contributed by atoms with Crippen molar-refractivity contribution < 1.29 is 9.59 Å². The van der Waals surface area contributed by atoms with Crippen molar-refractivity contribution in [3.8, 4) is 0 Å². The van der Waals surface area contributed by atoms with Crippen LogP contribution in [0.25, 0.3) is 0 Å². The van der Waals surface area contributed by atoms with Crippen molar-refractivity contribution in [3.63, 3.8) is 0 Å². The van der Waals surface area contributed by atoms with Crippen LogP contribution >= 0.6 is 0 Å². The summed E-state index contributed by atoms with van der Waals surface area (Å²) in [7, 11) is 2.02. The monoisotopic (exact) mass is 401 g/mol. The van der Waals surface area contributed by atoms with E-state index in [-0.39, 0.29) is 11.8 Å². The number of para-hydroxylation sites is 1. The normalized spacial score (nSPS) is 13.9. The lowest BCUT2D eigenvalue weighted by atomic mass is 10.1. The fourth-order valence-corrected chi connectivity index (χ4v) is 3.23. The van der Waals surface area contributed by atoms with Gasteiger partial charge in [-0.1, -0.05) is 30.3 Å². The summed E-state index contributed by atoms with van der Waals surface area (Å²) in [6, 6.07) is 18.2. The van der Waals surface area contributed by atoms with Crippen molar-refractivity contribution in [1.29, 1.82) is 0 Å². The summed E-state index contributed by atoms with van der Waals surface area (Å²) >= 11 is 0. The van der Waals surface area contributed by atoms with Crippen LogP contribution in [0.1, 0.15) is 28.8 Å². The summed E-state index contributed by atoms with van der Waals surface area (Å²) < 4.78 is 0. The van der Waals surface area contributed by atoms with Crippen LogP contribution < -0.4 is 15.5 Å². The third-order valence-corrected chi connectivity index (χ3v) is 5.28. The van der Waals surface area contributed by atoms with Gasteiger partial charge in [0.2, 0.25) is 5.91 Å². The van der Waals surface area contributed by atoms with Gasteiger partial charge in [0.25, 0.3) is 5.91 Å². The Balaban J connectivity index is 1.33. The SMILES string of the molecule is CN(c1ccccc1)c1ccc(CNC(=O)C2(NC(=O)c3cncnc3)CC2)cc1. The standard InChI is InChI=1S/C23H23N5O2/c1-28(19-5-3-2-4-6-19)20-9-7-17(8-10-20)13-26-22(30)23(11-12-23)27-21(29)18-14-24-16-25-15-18/h2-10,14-16H,11-13H2,1H3,(H,26,30)(H,27,29). The van der Waals surface area contributed by atoms with E-state index in [1.165, 1.54) is 18.7 Å². The lowest BCUT2D eigenvalue weighted by Gasteiger charge is -2.20. The van der Waals surface area contributed by atoms with Gasteiger partial charge in [0.1, 0.15) is 11.9 Å². The third kappa shape index (κ3) is 4.30. The van der Waals surface area contributed by atoms with Gasteiger partial charge in [-0.05, 0) is 42.7 Å². The topological polar surface area (TPSA) is 87.2 Å². The van der Waals surface area contributed by atoms with Gasteiger partial charge >= 0.3 is 0 Å². The van der Waals surface area contributed by atoms with Crippen molar-refractivity contribution in [3.05, 3.63) is 84.4 Å². The van der Waals surface area contributed by atoms with Crippen molar-refractivity contribution in [2.75, 3.05) is 11.9 Å². The fourth-order valence-electron chi connectivity index (χ4n) is 3.23. The Hall–Kier alpha value is -3.74. The predicted molar refractivity (Wildman–Crippen MR) is 114 cm³/mol. The predicted octanol–water partition coefficient (Wildman–Crippen LogP) is 2.82. The molecule has 1 aromatic heterocycles. The summed E-state index contributed by atoms with van der Waals surface area (Å²) in [5, 5.41) is 5.76. The van der Waals surface area contributed by atoms with Crippen molar-refractivity contribution in [1.82, 2.24) is 20.6 Å². The minimum absolute atomic E-state index is 0.168. The molecule has 0 bridgehead atoms. The number of nitrogens with zero attached hydrogens (tertiary/aromatic N) is 3. The Morgan fingerprint density at radius 3 is 2.23 bits per heavy atom. The van der Waals surface area contributed by atoms with Gasteiger partial charge in [0, 0.05) is 37.4 Å². The number of carbonyl (C=O) groups excluding carboxylic acids is 2. The molecule has 0 aliphatic heterocycles. The van der Waals surface area contributed by atoms with Crippen LogP contribution in [0.2, 0.25) is 0 Å². The molecule has 2 aromatic carbocycles. The van der Waals surface area contributed by atoms with Gasteiger partial charge < -0.3 is 15.5 Å². The number of nitrogens with one attached hydrogen (secondary N) is 2. The van der Waals surface area contributed by atoms with Crippen LogP contribution in [0, 0.1) is 0 Å². The van der Waals surface area contributed by atoms with Gasteiger partial charge in [0.05, 0.1) is 5.56 Å². The van der Waals surface area contributed by atoms with E-state index in [1.54, 1.807) is 0 Å². The zero-order chi connectivity index (χ0) is 21.0. The van der Waals surface area contributed by atoms with E-state index in [1.807, 2.05) is 49.5 Å². The fraction of sp³-hybridized carbons (Fsp3) is 0.217. The Bertz CT molecular complexity index is 1020. The molecule has 2 amide bonds. The number of amides is 2. The van der Waals surface area contributed by atoms with E-state index in [9.17, 15) is 9.59 Å². The molecule has 1 fully saturated rings. The summed E-state index contributed by atoms with van der Waals surface area (Å²) in [5.74, 6) is -0.505. The van der Waals surface area contributed by atoms with Crippen LogP contribution in [0.4, 0.5) is 11.4 Å². The molecule has 7 nitrogen and oxygen atoms in total. The molecule has 0 radical (unpaired) electrons. The summed E-state index contributed by atoms with van der Waals surface area (Å²) in [6.45, 7) is 0.403. The highest BCUT2D eigenvalue weighted by Gasteiger charge is 2.51. The molecule has 1 aliphatic carbocycles. The maximum Gasteiger partial charge on any atom is 0.255 e. The number of aromatic nitrogens is 2. The van der Waals surface area contributed by atoms with Gasteiger partial charge in [-0.3, -0.25) is 9.59 Å². The van der Waals surface area contributed by atoms with E-state index >= 15 is 0 Å². The van der Waals surface area contributed by atoms with Gasteiger partial charge in [-0.2, -0.15) is 0 Å². The summed E-state index contributed by atoms with van der Waals surface area (Å²) in [4.78, 5) is 34.8. The Morgan fingerprint density at radius 1 is 0.967 bits per heavy atom. The second kappa shape index (κ2) is 8.32. The largest absolute Gasteiger partial charge is 0.350 e. The van der Waals surface area contributed by atoms with E-state index in [0.29, 0.717) is 24.9 Å². The molecule has 2 N–H and O–H groups in total. The quantitative estimate of drug-likeness (QED) is 0.636. The van der Waals surface area contributed by atoms with Crippen molar-refractivity contribution in [2.24, 2.45) is 0 Å². The highest BCUT2D eigenvalue weighted by Crippen LogP contribution is 2.36. The summed E-state index contributed by atoms with van der Waals surface area (Å²) in [6.07, 6.45) is 5.48. The van der Waals surface area contributed by atoms with E-state index in [4.69, 9.17) is 0 Å². The first-order valence-corrected chi connectivity index (χ1v) is 9.81. The number of benzene rings is 2. The van der Waals surface area contributed by atoms with Crippen molar-refractivity contribution >= 4 is 23.2 Å². The van der Waals surface area contributed by atoms with E-state index in [2.05, 4.69) is 37.6 Å². The Morgan fingerprint density at radius 2 is 1.60 bits per heavy atom. The first-order valence-electron chi connectivity index (χ1n) is 9.81. The first-order chi connectivity index (χ1) is 14.6. The first kappa shape index (κ1) is 19.6. The van der Waals surface area contributed by atoms with Gasteiger partial charge in [0.15, 0.2) is 0 Å². The maximum absolute atomic E-state index is 12.7. The molecule has 0 unspecified atom stereocenters. The average Bonchev–Trinajstić information content (AvgIpc) is 3.59. The minimum atomic E-state index is -0.833. The van der Waals surface area contributed by atoms with Gasteiger partial charge in [-0.25, -0.2) is 9.97 Å². The van der Waals surface area contributed by atoms with Crippen LogP contribution in [-0.2, 0) is 11.3 Å². The molecule has 0 spiro atoms. The summed E-state index contributed by atoms with van der Waals surface area (Å²) in [5.41, 5.74) is 2.67. The molecule has 3 aromatic rings. The van der Waals surface area contributed by atoms with Gasteiger partial charge in [-0.15, -0.1) is 0 Å². The van der Waals surface area contributed by atoms with E-state index < -0.39 is 5.54 Å². The molecule has 7 heteroatoms. The number of carbonyl (C=O) groups is 2. The second-order valence-corrected chi connectivity index (χ2v) is 7.41. The zero-order valence-corrected chi connectivity index (χ0v) is 16.7. The van der Waals surface area contributed by atoms with Crippen LogP contribution in [-0.4, -0.2) is 34.4 Å². The van der Waals surface area contributed by atoms with Crippen LogP contribution in [0.5, 0.6) is 0 Å². The second-order valence-electron chi connectivity index (χ2n) is 7.41. The number of rotatable bonds is 7. The average molecular weight is 401 g/mol. The molecular formula is C23H23N5O2. The highest BCUT2D eigenvalue weighted by atomic mass is 16.2. The molecule has 30 heavy (non-hydrogen) atoms.